The highest BCUT2D eigenvalue weighted by molar-refractivity contribution is 5.66. The van der Waals surface area contributed by atoms with Crippen molar-refractivity contribution >= 4 is 5.97 Å². The minimum atomic E-state index is -0.942. The smallest absolute Gasteiger partial charge is 0.302 e. The number of carbonyl (C=O) groups excluding carboxylic acids is 1. The lowest BCUT2D eigenvalue weighted by atomic mass is 9.43. The van der Waals surface area contributed by atoms with E-state index in [-0.39, 0.29) is 58.7 Å². The second-order valence-electron chi connectivity index (χ2n) is 11.8. The summed E-state index contributed by atoms with van der Waals surface area (Å²) in [7, 11) is 3.51. The number of nitrogens with zero attached hydrogens (tertiary/aromatic N) is 1. The van der Waals surface area contributed by atoms with Crippen LogP contribution in [0.15, 0.2) is 0 Å². The molecule has 6 aliphatic rings. The molecule has 0 aromatic rings. The number of aliphatic hydroxyl groups is 2. The van der Waals surface area contributed by atoms with Gasteiger partial charge >= 0.3 is 5.97 Å². The van der Waals surface area contributed by atoms with Gasteiger partial charge in [0.05, 0.1) is 24.4 Å². The lowest BCUT2D eigenvalue weighted by Gasteiger charge is -2.69. The molecular weight excluding hydrogens is 410 g/mol. The maximum Gasteiger partial charge on any atom is 0.302 e. The number of carbonyl (C=O) groups is 1. The SMILES string of the molecule is CCN1C[C@@]2(COC)CC[C@@H](O)[C@@]34[C@@H]1[C@@H](C[C@@H]23)[C@]1(O)C[C@@H](OC)[C@@H]2C[C@H]4[C@H]1[C@H]2OC(C)=O. The number of piperidine rings is 1. The first-order chi connectivity index (χ1) is 15.3. The van der Waals surface area contributed by atoms with Crippen LogP contribution in [0.2, 0.25) is 0 Å². The van der Waals surface area contributed by atoms with E-state index in [0.29, 0.717) is 18.9 Å². The van der Waals surface area contributed by atoms with Crippen LogP contribution in [0, 0.1) is 40.4 Å². The standard InChI is InChI=1S/C25H39NO6/c1-5-26-11-23(12-30-3)7-6-19(28)25-15-8-14-17(31-4)10-24(29,16(22(25)26)9-18(23)25)20(15)21(14)32-13(2)27/h14-22,28-29H,5-12H2,1-4H3/t14-,15-,16+,17+,18-,19+,20-,21-,22-,23+,24+,25-/m0/s1. The van der Waals surface area contributed by atoms with Crippen LogP contribution in [-0.2, 0) is 19.0 Å². The summed E-state index contributed by atoms with van der Waals surface area (Å²) in [5.74, 6) is 0.164. The third-order valence-electron chi connectivity index (χ3n) is 11.2. The Balaban J connectivity index is 1.56. The quantitative estimate of drug-likeness (QED) is 0.614. The first kappa shape index (κ1) is 21.8. The van der Waals surface area contributed by atoms with E-state index >= 15 is 0 Å². The molecular formula is C25H39NO6. The largest absolute Gasteiger partial charge is 0.462 e. The summed E-state index contributed by atoms with van der Waals surface area (Å²) in [6.45, 7) is 6.27. The molecule has 6 fully saturated rings. The van der Waals surface area contributed by atoms with Crippen molar-refractivity contribution in [3.05, 3.63) is 0 Å². The molecule has 7 nitrogen and oxygen atoms in total. The van der Waals surface area contributed by atoms with Gasteiger partial charge in [0, 0.05) is 68.7 Å². The van der Waals surface area contributed by atoms with E-state index in [1.807, 2.05) is 0 Å². The Kier molecular flexibility index (Phi) is 4.70. The molecule has 7 bridgehead atoms. The number of ether oxygens (including phenoxy) is 3. The van der Waals surface area contributed by atoms with E-state index in [0.717, 1.165) is 38.8 Å². The number of aliphatic hydroxyl groups excluding tert-OH is 1. The molecule has 5 aliphatic carbocycles. The molecule has 2 N–H and O–H groups in total. The molecule has 1 spiro atoms. The minimum absolute atomic E-state index is 0.0138. The zero-order chi connectivity index (χ0) is 22.6. The summed E-state index contributed by atoms with van der Waals surface area (Å²) < 4.78 is 17.7. The number of fused-ring (bicyclic) bond motifs is 2. The number of hydrogen-bond donors (Lipinski definition) is 2. The van der Waals surface area contributed by atoms with E-state index in [1.165, 1.54) is 6.92 Å². The van der Waals surface area contributed by atoms with Crippen LogP contribution < -0.4 is 0 Å². The normalized spacial score (nSPS) is 57.5. The van der Waals surface area contributed by atoms with Crippen LogP contribution in [0.5, 0.6) is 0 Å². The van der Waals surface area contributed by atoms with Gasteiger partial charge in [-0.05, 0) is 44.1 Å². The fraction of sp³-hybridized carbons (Fsp3) is 0.960. The van der Waals surface area contributed by atoms with E-state index < -0.39 is 11.7 Å². The number of rotatable bonds is 5. The zero-order valence-corrected chi connectivity index (χ0v) is 19.8. The summed E-state index contributed by atoms with van der Waals surface area (Å²) in [6, 6.07) is 0.163. The van der Waals surface area contributed by atoms with E-state index in [2.05, 4.69) is 11.8 Å². The predicted molar refractivity (Wildman–Crippen MR) is 116 cm³/mol. The van der Waals surface area contributed by atoms with E-state index in [1.54, 1.807) is 14.2 Å². The molecule has 0 amide bonds. The average molecular weight is 450 g/mol. The molecule has 0 aromatic carbocycles. The van der Waals surface area contributed by atoms with Crippen molar-refractivity contribution in [1.82, 2.24) is 4.90 Å². The monoisotopic (exact) mass is 449 g/mol. The van der Waals surface area contributed by atoms with Crippen molar-refractivity contribution in [2.45, 2.75) is 75.9 Å². The summed E-state index contributed by atoms with van der Waals surface area (Å²) in [5, 5.41) is 24.4. The molecule has 1 heterocycles. The van der Waals surface area contributed by atoms with Crippen LogP contribution in [0.25, 0.3) is 0 Å². The summed E-state index contributed by atoms with van der Waals surface area (Å²) in [6.07, 6.45) is 3.27. The van der Waals surface area contributed by atoms with Gasteiger partial charge in [0.25, 0.3) is 0 Å². The van der Waals surface area contributed by atoms with Crippen LogP contribution in [0.1, 0.15) is 46.0 Å². The molecule has 1 saturated heterocycles. The van der Waals surface area contributed by atoms with Gasteiger partial charge in [-0.3, -0.25) is 9.69 Å². The molecule has 0 radical (unpaired) electrons. The van der Waals surface area contributed by atoms with Gasteiger partial charge in [0.2, 0.25) is 0 Å². The molecule has 1 aliphatic heterocycles. The van der Waals surface area contributed by atoms with Crippen molar-refractivity contribution in [2.75, 3.05) is 33.9 Å². The van der Waals surface area contributed by atoms with Gasteiger partial charge in [-0.1, -0.05) is 6.92 Å². The average Bonchev–Trinajstić information content (AvgIpc) is 3.20. The number of esters is 1. The Morgan fingerprint density at radius 1 is 1.22 bits per heavy atom. The highest BCUT2D eigenvalue weighted by Gasteiger charge is 2.83. The first-order valence-electron chi connectivity index (χ1n) is 12.6. The Bertz CT molecular complexity index is 807. The maximum absolute atomic E-state index is 12.5. The lowest BCUT2D eigenvalue weighted by Crippen LogP contribution is -2.76. The van der Waals surface area contributed by atoms with Crippen LogP contribution >= 0.6 is 0 Å². The Morgan fingerprint density at radius 3 is 2.66 bits per heavy atom. The van der Waals surface area contributed by atoms with Crippen molar-refractivity contribution in [3.8, 4) is 0 Å². The second kappa shape index (κ2) is 6.91. The van der Waals surface area contributed by atoms with E-state index in [9.17, 15) is 15.0 Å². The Morgan fingerprint density at radius 2 is 2.00 bits per heavy atom. The maximum atomic E-state index is 12.5. The van der Waals surface area contributed by atoms with Crippen molar-refractivity contribution in [3.63, 3.8) is 0 Å². The van der Waals surface area contributed by atoms with Gasteiger partial charge in [-0.15, -0.1) is 0 Å². The van der Waals surface area contributed by atoms with Crippen molar-refractivity contribution < 1.29 is 29.2 Å². The lowest BCUT2D eigenvalue weighted by molar-refractivity contribution is -0.274. The summed E-state index contributed by atoms with van der Waals surface area (Å²) in [4.78, 5) is 14.7. The Labute approximate surface area is 190 Å². The second-order valence-corrected chi connectivity index (χ2v) is 11.8. The highest BCUT2D eigenvalue weighted by Crippen LogP contribution is 2.79. The molecule has 5 saturated carbocycles. The molecule has 0 aromatic heterocycles. The molecule has 180 valence electrons. The fourth-order valence-corrected chi connectivity index (χ4v) is 10.7. The first-order valence-corrected chi connectivity index (χ1v) is 12.6. The van der Waals surface area contributed by atoms with Crippen LogP contribution in [-0.4, -0.2) is 85.0 Å². The van der Waals surface area contributed by atoms with Crippen LogP contribution in [0.4, 0.5) is 0 Å². The molecule has 7 heteroatoms. The van der Waals surface area contributed by atoms with Gasteiger partial charge in [0.1, 0.15) is 6.10 Å². The molecule has 32 heavy (non-hydrogen) atoms. The number of methoxy groups -OCH3 is 2. The molecule has 12 atom stereocenters. The zero-order valence-electron chi connectivity index (χ0n) is 19.8. The van der Waals surface area contributed by atoms with Crippen molar-refractivity contribution in [1.29, 1.82) is 0 Å². The van der Waals surface area contributed by atoms with Gasteiger partial charge in [-0.25, -0.2) is 0 Å². The third-order valence-corrected chi connectivity index (χ3v) is 11.2. The van der Waals surface area contributed by atoms with Gasteiger partial charge in [0.15, 0.2) is 0 Å². The Hall–Kier alpha value is -0.730. The van der Waals surface area contributed by atoms with Crippen molar-refractivity contribution in [2.24, 2.45) is 40.4 Å². The number of likely N-dealkylation sites (tertiary alicyclic amines) is 1. The predicted octanol–water partition coefficient (Wildman–Crippen LogP) is 1.45. The van der Waals surface area contributed by atoms with E-state index in [4.69, 9.17) is 14.2 Å². The van der Waals surface area contributed by atoms with Gasteiger partial charge < -0.3 is 24.4 Å². The van der Waals surface area contributed by atoms with Gasteiger partial charge in [-0.2, -0.15) is 0 Å². The van der Waals surface area contributed by atoms with Crippen LogP contribution in [0.3, 0.4) is 0 Å². The molecule has 6 rings (SSSR count). The molecule has 0 unspecified atom stereocenters. The minimum Gasteiger partial charge on any atom is -0.462 e. The summed E-state index contributed by atoms with van der Waals surface area (Å²) >= 11 is 0. The highest BCUT2D eigenvalue weighted by atomic mass is 16.5. The number of hydrogen-bond acceptors (Lipinski definition) is 7. The third kappa shape index (κ3) is 2.28. The topological polar surface area (TPSA) is 88.5 Å². The summed E-state index contributed by atoms with van der Waals surface area (Å²) in [5.41, 5.74) is -1.20. The fourth-order valence-electron chi connectivity index (χ4n) is 10.7.